The molecule has 9 nitrogen and oxygen atoms in total. The molecule has 1 amide bonds. The van der Waals surface area contributed by atoms with Crippen LogP contribution in [0.1, 0.15) is 17.2 Å². The first-order valence-electron chi connectivity index (χ1n) is 11.1. The number of β-lactam (4-membered cyclic amide) rings is 1. The van der Waals surface area contributed by atoms with Crippen molar-refractivity contribution >= 4 is 47.2 Å². The Morgan fingerprint density at radius 2 is 1.83 bits per heavy atom. The van der Waals surface area contributed by atoms with E-state index in [0.29, 0.717) is 16.7 Å². The van der Waals surface area contributed by atoms with Gasteiger partial charge in [-0.3, -0.25) is 9.69 Å². The average molecular weight is 541 g/mol. The van der Waals surface area contributed by atoms with Crippen molar-refractivity contribution in [3.05, 3.63) is 83.1 Å². The summed E-state index contributed by atoms with van der Waals surface area (Å²) in [7, 11) is 1.75. The van der Waals surface area contributed by atoms with Crippen LogP contribution < -0.4 is 5.73 Å². The number of tetrazole rings is 1. The molecule has 0 saturated carbocycles. The molecule has 1 fully saturated rings. The van der Waals surface area contributed by atoms with E-state index in [9.17, 15) is 9.59 Å². The van der Waals surface area contributed by atoms with Crippen LogP contribution in [0.3, 0.4) is 0 Å². The minimum atomic E-state index is -1.07. The zero-order valence-corrected chi connectivity index (χ0v) is 22.1. The van der Waals surface area contributed by atoms with Gasteiger partial charge in [-0.25, -0.2) is 9.48 Å². The predicted octanol–water partition coefficient (Wildman–Crippen LogP) is 2.82. The molecule has 2 aromatic carbocycles. The number of rotatable bonds is 8. The van der Waals surface area contributed by atoms with Crippen LogP contribution in [0, 0.1) is 0 Å². The van der Waals surface area contributed by atoms with Crippen LogP contribution in [0.5, 0.6) is 0 Å². The number of aryl methyl sites for hydroxylation is 1. The minimum Gasteiger partial charge on any atom is -0.448 e. The highest BCUT2D eigenvalue weighted by atomic mass is 32.2. The van der Waals surface area contributed by atoms with Gasteiger partial charge in [-0.2, -0.15) is 0 Å². The van der Waals surface area contributed by atoms with Crippen molar-refractivity contribution in [3.8, 4) is 0 Å². The fourth-order valence-electron chi connectivity index (χ4n) is 4.14. The number of thioether (sulfide) groups is 3. The molecule has 2 aliphatic heterocycles. The highest BCUT2D eigenvalue weighted by molar-refractivity contribution is 8.05. The van der Waals surface area contributed by atoms with Gasteiger partial charge in [0, 0.05) is 18.6 Å². The number of aromatic nitrogens is 4. The molecule has 2 aliphatic rings. The maximum absolute atomic E-state index is 13.8. The molecule has 2 N–H and O–H groups in total. The molecule has 1 saturated heterocycles. The second-order valence-corrected chi connectivity index (χ2v) is 11.4. The van der Waals surface area contributed by atoms with E-state index in [4.69, 9.17) is 10.5 Å². The number of fused-ring (bicyclic) bond motifs is 1. The third-order valence-electron chi connectivity index (χ3n) is 6.06. The third-order valence-corrected chi connectivity index (χ3v) is 9.80. The zero-order chi connectivity index (χ0) is 25.3. The number of nitrogens with two attached hydrogens (primary N) is 1. The topological polar surface area (TPSA) is 116 Å². The Balaban J connectivity index is 1.50. The van der Waals surface area contributed by atoms with Gasteiger partial charge < -0.3 is 10.5 Å². The fourth-order valence-corrected chi connectivity index (χ4v) is 7.50. The van der Waals surface area contributed by atoms with E-state index < -0.39 is 16.9 Å². The van der Waals surface area contributed by atoms with Gasteiger partial charge in [-0.15, -0.1) is 28.6 Å². The summed E-state index contributed by atoms with van der Waals surface area (Å²) in [6.07, 6.45) is 1.18. The van der Waals surface area contributed by atoms with E-state index in [1.807, 2.05) is 66.9 Å². The summed E-state index contributed by atoms with van der Waals surface area (Å²) >= 11 is 4.25. The van der Waals surface area contributed by atoms with Crippen molar-refractivity contribution in [1.29, 1.82) is 0 Å². The SMILES string of the molecule is CS[C@@]1(N)C(=O)N2C(C(=O)OC(c3ccccc3)c3ccccc3)=C(CSc3nnnn3C)CS[C@@H]21. The monoisotopic (exact) mass is 540 g/mol. The number of benzene rings is 2. The summed E-state index contributed by atoms with van der Waals surface area (Å²) in [6.45, 7) is 0. The first-order chi connectivity index (χ1) is 17.4. The van der Waals surface area contributed by atoms with Crippen LogP contribution >= 0.6 is 35.3 Å². The van der Waals surface area contributed by atoms with Crippen LogP contribution in [0.15, 0.2) is 77.1 Å². The Morgan fingerprint density at radius 1 is 1.19 bits per heavy atom. The molecular weight excluding hydrogens is 517 g/mol. The van der Waals surface area contributed by atoms with Gasteiger partial charge in [0.05, 0.1) is 0 Å². The van der Waals surface area contributed by atoms with E-state index >= 15 is 0 Å². The van der Waals surface area contributed by atoms with E-state index in [1.165, 1.54) is 28.4 Å². The molecule has 0 radical (unpaired) electrons. The average Bonchev–Trinajstić information content (AvgIpc) is 3.34. The quantitative estimate of drug-likeness (QED) is 0.198. The highest BCUT2D eigenvalue weighted by Crippen LogP contribution is 2.50. The molecule has 36 heavy (non-hydrogen) atoms. The first kappa shape index (κ1) is 24.9. The number of ether oxygens (including phenoxy) is 1. The van der Waals surface area contributed by atoms with E-state index in [1.54, 1.807) is 23.5 Å². The summed E-state index contributed by atoms with van der Waals surface area (Å²) in [4.78, 5) is 27.5. The second-order valence-electron chi connectivity index (χ2n) is 8.27. The number of nitrogens with zero attached hydrogens (tertiary/aromatic N) is 5. The van der Waals surface area contributed by atoms with Crippen LogP contribution in [0.2, 0.25) is 0 Å². The Bertz CT molecular complexity index is 1260. The summed E-state index contributed by atoms with van der Waals surface area (Å²) in [5, 5.41) is 11.8. The van der Waals surface area contributed by atoms with Crippen LogP contribution in [0.25, 0.3) is 0 Å². The number of hydrogen-bond acceptors (Lipinski definition) is 10. The van der Waals surface area contributed by atoms with Gasteiger partial charge >= 0.3 is 5.97 Å². The molecule has 3 aromatic rings. The smallest absolute Gasteiger partial charge is 0.356 e. The van der Waals surface area contributed by atoms with Crippen LogP contribution in [-0.4, -0.2) is 65.0 Å². The van der Waals surface area contributed by atoms with Gasteiger partial charge in [0.1, 0.15) is 11.1 Å². The summed E-state index contributed by atoms with van der Waals surface area (Å²) in [5.41, 5.74) is 9.13. The molecule has 12 heteroatoms. The molecule has 5 rings (SSSR count). The van der Waals surface area contributed by atoms with E-state index in [0.717, 1.165) is 16.7 Å². The van der Waals surface area contributed by atoms with Gasteiger partial charge in [-0.05, 0) is 33.4 Å². The van der Waals surface area contributed by atoms with Gasteiger partial charge in [0.25, 0.3) is 5.91 Å². The molecule has 0 bridgehead atoms. The molecule has 186 valence electrons. The Morgan fingerprint density at radius 3 is 2.39 bits per heavy atom. The second kappa shape index (κ2) is 10.3. The van der Waals surface area contributed by atoms with Crippen LogP contribution in [-0.2, 0) is 21.4 Å². The molecule has 2 atom stereocenters. The number of esters is 1. The normalized spacial score (nSPS) is 21.4. The Hall–Kier alpha value is -2.80. The largest absolute Gasteiger partial charge is 0.448 e. The fraction of sp³-hybridized carbons (Fsp3) is 0.292. The summed E-state index contributed by atoms with van der Waals surface area (Å²) in [6, 6.07) is 19.1. The highest BCUT2D eigenvalue weighted by Gasteiger charge is 2.62. The maximum atomic E-state index is 13.8. The lowest BCUT2D eigenvalue weighted by atomic mass is 10.0. The van der Waals surface area contributed by atoms with E-state index in [-0.39, 0.29) is 17.0 Å². The van der Waals surface area contributed by atoms with Gasteiger partial charge in [0.15, 0.2) is 11.0 Å². The lowest BCUT2D eigenvalue weighted by molar-refractivity contribution is -0.154. The number of carbonyl (C=O) groups is 2. The standard InChI is InChI=1S/C24H24N6O3S3/c1-29-23(26-27-28-29)36-14-17-13-35-22-24(25,34-2)21(32)30(22)18(17)20(31)33-19(15-9-5-3-6-10-15)16-11-7-4-8-12-16/h3-12,19,22H,13-14,25H2,1-2H3/t22-,24+/m1/s1. The first-order valence-corrected chi connectivity index (χ1v) is 14.4. The van der Waals surface area contributed by atoms with Crippen molar-refractivity contribution < 1.29 is 14.3 Å². The predicted molar refractivity (Wildman–Crippen MR) is 141 cm³/mol. The molecule has 0 aliphatic carbocycles. The minimum absolute atomic E-state index is 0.262. The third kappa shape index (κ3) is 4.42. The molecule has 0 spiro atoms. The van der Waals surface area contributed by atoms with Crippen LogP contribution in [0.4, 0.5) is 0 Å². The molecule has 3 heterocycles. The number of hydrogen-bond donors (Lipinski definition) is 1. The molecule has 1 aromatic heterocycles. The Kier molecular flexibility index (Phi) is 7.11. The van der Waals surface area contributed by atoms with Crippen molar-refractivity contribution in [2.75, 3.05) is 17.8 Å². The van der Waals surface area contributed by atoms with Crippen molar-refractivity contribution in [2.24, 2.45) is 12.8 Å². The lowest BCUT2D eigenvalue weighted by Gasteiger charge is -2.54. The lowest BCUT2D eigenvalue weighted by Crippen LogP contribution is -2.76. The Labute approximate surface area is 221 Å². The number of carbonyl (C=O) groups excluding carboxylic acids is 2. The maximum Gasteiger partial charge on any atom is 0.356 e. The molecular formula is C24H24N6O3S3. The van der Waals surface area contributed by atoms with Gasteiger partial charge in [-0.1, -0.05) is 72.4 Å². The summed E-state index contributed by atoms with van der Waals surface area (Å²) in [5.74, 6) is 0.123. The molecule has 0 unspecified atom stereocenters. The van der Waals surface area contributed by atoms with Crippen molar-refractivity contribution in [2.45, 2.75) is 21.5 Å². The van der Waals surface area contributed by atoms with Crippen molar-refractivity contribution in [3.63, 3.8) is 0 Å². The number of amides is 1. The van der Waals surface area contributed by atoms with E-state index in [2.05, 4.69) is 15.5 Å². The zero-order valence-electron chi connectivity index (χ0n) is 19.6. The summed E-state index contributed by atoms with van der Waals surface area (Å²) < 4.78 is 7.72. The van der Waals surface area contributed by atoms with Crippen molar-refractivity contribution in [1.82, 2.24) is 25.1 Å². The van der Waals surface area contributed by atoms with Gasteiger partial charge in [0.2, 0.25) is 5.16 Å².